The fourth-order valence-electron chi connectivity index (χ4n) is 4.43. The maximum Gasteiger partial charge on any atom is 0.410 e. The first-order valence-corrected chi connectivity index (χ1v) is 14.1. The Morgan fingerprint density at radius 3 is 2.30 bits per heavy atom. The summed E-state index contributed by atoms with van der Waals surface area (Å²) in [5.74, 6) is 0.782. The lowest BCUT2D eigenvalue weighted by Gasteiger charge is -2.34. The Hall–Kier alpha value is -2.85. The Balaban J connectivity index is 1.76. The molecule has 0 aromatic carbocycles. The summed E-state index contributed by atoms with van der Waals surface area (Å²) in [5.41, 5.74) is 0.119. The molecular weight excluding hydrogens is 534 g/mol. The number of morpholine rings is 1. The number of aromatic nitrogens is 2. The molecule has 1 atom stereocenters. The molecule has 1 fully saturated rings. The Kier molecular flexibility index (Phi) is 10.1. The number of rotatable bonds is 7. The quantitative estimate of drug-likeness (QED) is 0.407. The van der Waals surface area contributed by atoms with Crippen molar-refractivity contribution in [3.8, 4) is 0 Å². The second kappa shape index (κ2) is 12.8. The third kappa shape index (κ3) is 9.37. The molecule has 2 amide bonds. The summed E-state index contributed by atoms with van der Waals surface area (Å²) < 4.78 is 16.6. The molecule has 1 aromatic heterocycles. The minimum atomic E-state index is -0.657. The maximum absolute atomic E-state index is 13.2. The predicted molar refractivity (Wildman–Crippen MR) is 156 cm³/mol. The number of halogens is 1. The van der Waals surface area contributed by atoms with Gasteiger partial charge in [0.1, 0.15) is 17.0 Å². The second-order valence-electron chi connectivity index (χ2n) is 12.6. The Morgan fingerprint density at radius 2 is 1.68 bits per heavy atom. The number of likely N-dealkylation sites (N-methyl/N-ethyl adjacent to an activating group) is 1. The monoisotopic (exact) mass is 577 g/mol. The molecule has 1 aliphatic carbocycles. The summed E-state index contributed by atoms with van der Waals surface area (Å²) in [4.78, 5) is 40.0. The number of amides is 2. The van der Waals surface area contributed by atoms with Gasteiger partial charge in [-0.2, -0.15) is 0 Å². The van der Waals surface area contributed by atoms with Gasteiger partial charge in [-0.15, -0.1) is 0 Å². The highest BCUT2D eigenvalue weighted by Gasteiger charge is 2.32. The summed E-state index contributed by atoms with van der Waals surface area (Å²) in [6.07, 6.45) is 5.85. The number of anilines is 1. The number of carbonyl (C=O) groups excluding carboxylic acids is 2. The number of ether oxygens (including phenoxy) is 3. The van der Waals surface area contributed by atoms with Gasteiger partial charge in [-0.05, 0) is 65.1 Å². The number of hydrogen-bond donors (Lipinski definition) is 0. The first kappa shape index (κ1) is 31.7. The second-order valence-corrected chi connectivity index (χ2v) is 12.9. The summed E-state index contributed by atoms with van der Waals surface area (Å²) in [7, 11) is 1.66. The SMILES string of the molecule is CN(CCN(CC1=CC=CC(C)(c2cc(N3CCOCC3)nc(Cl)n2)C1)C(=O)OC(C)(C)C)C(=O)OC(C)(C)C. The van der Waals surface area contributed by atoms with Crippen LogP contribution in [0, 0.1) is 0 Å². The molecule has 11 heteroatoms. The zero-order valence-electron chi connectivity index (χ0n) is 25.1. The molecule has 1 saturated heterocycles. The van der Waals surface area contributed by atoms with E-state index in [1.54, 1.807) is 11.9 Å². The standard InChI is InChI=1S/C29H44ClN5O5/c1-27(2,3)39-25(36)33(8)12-13-35(26(37)40-28(4,5)6)20-21-10-9-11-29(7,19-21)22-18-23(32-24(30)31-22)34-14-16-38-17-15-34/h9-11,18H,12-17,19-20H2,1-8H3. The van der Waals surface area contributed by atoms with E-state index >= 15 is 0 Å². The van der Waals surface area contributed by atoms with Crippen LogP contribution >= 0.6 is 11.6 Å². The molecule has 2 aliphatic rings. The average Bonchev–Trinajstić information content (AvgIpc) is 2.84. The van der Waals surface area contributed by atoms with Gasteiger partial charge in [0.15, 0.2) is 0 Å². The van der Waals surface area contributed by atoms with Crippen LogP contribution in [0.5, 0.6) is 0 Å². The van der Waals surface area contributed by atoms with Crippen molar-refractivity contribution in [2.45, 2.75) is 71.5 Å². The molecule has 0 bridgehead atoms. The highest BCUT2D eigenvalue weighted by atomic mass is 35.5. The van der Waals surface area contributed by atoms with Crippen molar-refractivity contribution in [2.75, 3.05) is 57.9 Å². The molecule has 0 N–H and O–H groups in total. The number of nitrogens with zero attached hydrogens (tertiary/aromatic N) is 5. The van der Waals surface area contributed by atoms with Crippen molar-refractivity contribution in [3.63, 3.8) is 0 Å². The molecule has 0 radical (unpaired) electrons. The number of allylic oxidation sites excluding steroid dienone is 3. The number of hydrogen-bond acceptors (Lipinski definition) is 8. The molecule has 40 heavy (non-hydrogen) atoms. The van der Waals surface area contributed by atoms with Gasteiger partial charge in [0.05, 0.1) is 18.9 Å². The third-order valence-electron chi connectivity index (χ3n) is 6.45. The molecule has 222 valence electrons. The average molecular weight is 578 g/mol. The van der Waals surface area contributed by atoms with Crippen LogP contribution in [0.2, 0.25) is 5.28 Å². The Morgan fingerprint density at radius 1 is 1.05 bits per heavy atom. The van der Waals surface area contributed by atoms with E-state index < -0.39 is 28.8 Å². The molecule has 3 rings (SSSR count). The molecule has 1 aliphatic heterocycles. The lowest BCUT2D eigenvalue weighted by molar-refractivity contribution is 0.0176. The minimum Gasteiger partial charge on any atom is -0.444 e. The highest BCUT2D eigenvalue weighted by molar-refractivity contribution is 6.28. The summed E-state index contributed by atoms with van der Waals surface area (Å²) in [6.45, 7) is 16.7. The van der Waals surface area contributed by atoms with E-state index in [-0.39, 0.29) is 11.8 Å². The molecule has 10 nitrogen and oxygen atoms in total. The lowest BCUT2D eigenvalue weighted by atomic mass is 9.77. The largest absolute Gasteiger partial charge is 0.444 e. The Labute approximate surface area is 243 Å². The van der Waals surface area contributed by atoms with Gasteiger partial charge < -0.3 is 28.9 Å². The molecule has 2 heterocycles. The summed E-state index contributed by atoms with van der Waals surface area (Å²) >= 11 is 6.38. The lowest BCUT2D eigenvalue weighted by Crippen LogP contribution is -2.44. The van der Waals surface area contributed by atoms with Gasteiger partial charge in [-0.25, -0.2) is 19.6 Å². The smallest absolute Gasteiger partial charge is 0.410 e. The Bertz CT molecular complexity index is 1120. The molecule has 0 saturated carbocycles. The van der Waals surface area contributed by atoms with E-state index in [1.807, 2.05) is 59.8 Å². The summed E-state index contributed by atoms with van der Waals surface area (Å²) in [5, 5.41) is 0.199. The van der Waals surface area contributed by atoms with Gasteiger partial charge in [0.2, 0.25) is 5.28 Å². The van der Waals surface area contributed by atoms with E-state index in [0.29, 0.717) is 32.7 Å². The fraction of sp³-hybridized carbons (Fsp3) is 0.655. The number of carbonyl (C=O) groups is 2. The van der Waals surface area contributed by atoms with E-state index in [1.165, 1.54) is 4.90 Å². The van der Waals surface area contributed by atoms with Crippen molar-refractivity contribution >= 4 is 29.6 Å². The normalized spacial score (nSPS) is 19.6. The van der Waals surface area contributed by atoms with Crippen molar-refractivity contribution in [2.24, 2.45) is 0 Å². The first-order chi connectivity index (χ1) is 18.5. The van der Waals surface area contributed by atoms with Crippen molar-refractivity contribution < 1.29 is 23.8 Å². The van der Waals surface area contributed by atoms with Crippen molar-refractivity contribution in [1.82, 2.24) is 19.8 Å². The van der Waals surface area contributed by atoms with Crippen molar-refractivity contribution in [1.29, 1.82) is 0 Å². The van der Waals surface area contributed by atoms with Crippen LogP contribution in [-0.4, -0.2) is 96.1 Å². The van der Waals surface area contributed by atoms with Crippen LogP contribution in [-0.2, 0) is 19.6 Å². The van der Waals surface area contributed by atoms with Gasteiger partial charge in [-0.3, -0.25) is 0 Å². The van der Waals surface area contributed by atoms with Crippen LogP contribution in [0.3, 0.4) is 0 Å². The third-order valence-corrected chi connectivity index (χ3v) is 6.62. The zero-order chi connectivity index (χ0) is 29.7. The van der Waals surface area contributed by atoms with Gasteiger partial charge in [0.25, 0.3) is 0 Å². The van der Waals surface area contributed by atoms with E-state index in [0.717, 1.165) is 30.2 Å². The molecular formula is C29H44ClN5O5. The van der Waals surface area contributed by atoms with Gasteiger partial charge >= 0.3 is 12.2 Å². The molecule has 1 aromatic rings. The van der Waals surface area contributed by atoms with Crippen LogP contribution in [0.4, 0.5) is 15.4 Å². The highest BCUT2D eigenvalue weighted by Crippen LogP contribution is 2.36. The predicted octanol–water partition coefficient (Wildman–Crippen LogP) is 5.21. The minimum absolute atomic E-state index is 0.199. The van der Waals surface area contributed by atoms with E-state index in [4.69, 9.17) is 25.8 Å². The zero-order valence-corrected chi connectivity index (χ0v) is 25.9. The summed E-state index contributed by atoms with van der Waals surface area (Å²) in [6, 6.07) is 1.99. The van der Waals surface area contributed by atoms with E-state index in [9.17, 15) is 9.59 Å². The molecule has 0 spiro atoms. The van der Waals surface area contributed by atoms with Crippen LogP contribution < -0.4 is 4.90 Å². The van der Waals surface area contributed by atoms with Crippen LogP contribution in [0.15, 0.2) is 29.9 Å². The van der Waals surface area contributed by atoms with Crippen LogP contribution in [0.25, 0.3) is 0 Å². The van der Waals surface area contributed by atoms with Crippen molar-refractivity contribution in [3.05, 3.63) is 40.8 Å². The maximum atomic E-state index is 13.2. The first-order valence-electron chi connectivity index (χ1n) is 13.7. The van der Waals surface area contributed by atoms with E-state index in [2.05, 4.69) is 27.9 Å². The van der Waals surface area contributed by atoms with Gasteiger partial charge in [0, 0.05) is 51.3 Å². The van der Waals surface area contributed by atoms with Crippen LogP contribution in [0.1, 0.15) is 60.6 Å². The topological polar surface area (TPSA) is 97.3 Å². The fourth-order valence-corrected chi connectivity index (χ4v) is 4.61. The molecule has 1 unspecified atom stereocenters. The van der Waals surface area contributed by atoms with Gasteiger partial charge in [-0.1, -0.05) is 25.2 Å².